The molecule has 4 aromatic rings. The van der Waals surface area contributed by atoms with Crippen molar-refractivity contribution in [2.24, 2.45) is 0 Å². The first kappa shape index (κ1) is 24.2. The van der Waals surface area contributed by atoms with E-state index in [4.69, 9.17) is 4.74 Å². The Morgan fingerprint density at radius 1 is 1.09 bits per heavy atom. The quantitative estimate of drug-likeness (QED) is 0.234. The number of ether oxygens (including phenoxy) is 1. The van der Waals surface area contributed by atoms with Gasteiger partial charge in [-0.2, -0.15) is 0 Å². The Balaban J connectivity index is 1.51. The molecule has 0 saturated carbocycles. The van der Waals surface area contributed by atoms with Crippen LogP contribution in [-0.4, -0.2) is 39.5 Å². The lowest BCUT2D eigenvalue weighted by atomic mass is 10.0. The molecule has 1 N–H and O–H groups in total. The van der Waals surface area contributed by atoms with Gasteiger partial charge in [0.25, 0.3) is 0 Å². The number of thioether (sulfide) groups is 1. The summed E-state index contributed by atoms with van der Waals surface area (Å²) in [5.74, 6) is 0.233. The fourth-order valence-electron chi connectivity index (χ4n) is 3.49. The number of benzene rings is 1. The van der Waals surface area contributed by atoms with Crippen molar-refractivity contribution < 1.29 is 14.3 Å². The van der Waals surface area contributed by atoms with Gasteiger partial charge in [-0.25, -0.2) is 4.79 Å². The number of esters is 1. The molecule has 1 amide bonds. The Morgan fingerprint density at radius 3 is 2.47 bits per heavy atom. The third-order valence-electron chi connectivity index (χ3n) is 5.41. The number of aromatic nitrogens is 3. The molecule has 0 saturated heterocycles. The van der Waals surface area contributed by atoms with Crippen LogP contribution in [0.2, 0.25) is 0 Å². The Labute approximate surface area is 210 Å². The van der Waals surface area contributed by atoms with E-state index in [0.29, 0.717) is 22.3 Å². The Morgan fingerprint density at radius 2 is 1.82 bits per heavy atom. The van der Waals surface area contributed by atoms with E-state index in [0.717, 1.165) is 22.5 Å². The van der Waals surface area contributed by atoms with Gasteiger partial charge in [0.1, 0.15) is 10.6 Å². The van der Waals surface area contributed by atoms with E-state index >= 15 is 0 Å². The molecule has 0 spiro atoms. The Bertz CT molecular complexity index is 1320. The van der Waals surface area contributed by atoms with Crippen LogP contribution in [-0.2, 0) is 16.1 Å². The molecule has 0 unspecified atom stereocenters. The molecule has 34 heavy (non-hydrogen) atoms. The highest BCUT2D eigenvalue weighted by Crippen LogP contribution is 2.36. The van der Waals surface area contributed by atoms with Gasteiger partial charge in [-0.3, -0.25) is 4.79 Å². The molecule has 7 nitrogen and oxygen atoms in total. The van der Waals surface area contributed by atoms with Gasteiger partial charge in [-0.05, 0) is 31.9 Å². The van der Waals surface area contributed by atoms with E-state index in [2.05, 4.69) is 34.7 Å². The van der Waals surface area contributed by atoms with E-state index < -0.39 is 5.97 Å². The second kappa shape index (κ2) is 10.5. The lowest BCUT2D eigenvalue weighted by molar-refractivity contribution is -0.113. The fourth-order valence-corrected chi connectivity index (χ4v) is 6.13. The lowest BCUT2D eigenvalue weighted by Gasteiger charge is -2.09. The van der Waals surface area contributed by atoms with Gasteiger partial charge in [0, 0.05) is 33.3 Å². The highest BCUT2D eigenvalue weighted by atomic mass is 32.2. The summed E-state index contributed by atoms with van der Waals surface area (Å²) in [6, 6.07) is 9.55. The number of carbonyl (C=O) groups excluding carboxylic acids is 2. The molecular formula is C24H24N4O3S3. The minimum absolute atomic E-state index is 0.138. The maximum Gasteiger partial charge on any atom is 0.341 e. The summed E-state index contributed by atoms with van der Waals surface area (Å²) in [5.41, 5.74) is 4.25. The van der Waals surface area contributed by atoms with Crippen LogP contribution in [0.15, 0.2) is 46.2 Å². The molecule has 0 aliphatic carbocycles. The van der Waals surface area contributed by atoms with Crippen LogP contribution in [0, 0.1) is 13.8 Å². The zero-order valence-corrected chi connectivity index (χ0v) is 21.7. The molecule has 3 aromatic heterocycles. The van der Waals surface area contributed by atoms with Crippen molar-refractivity contribution in [3.63, 3.8) is 0 Å². The second-order valence-electron chi connectivity index (χ2n) is 7.43. The summed E-state index contributed by atoms with van der Waals surface area (Å²) in [4.78, 5) is 26.6. The number of aryl methyl sites for hydroxylation is 1. The van der Waals surface area contributed by atoms with E-state index in [1.807, 2.05) is 47.2 Å². The third kappa shape index (κ3) is 4.79. The maximum absolute atomic E-state index is 12.8. The van der Waals surface area contributed by atoms with Crippen LogP contribution in [0.5, 0.6) is 0 Å². The minimum atomic E-state index is -0.486. The molecule has 3 heterocycles. The van der Waals surface area contributed by atoms with Crippen molar-refractivity contribution in [3.05, 3.63) is 57.1 Å². The summed E-state index contributed by atoms with van der Waals surface area (Å²) in [7, 11) is 1.34. The summed E-state index contributed by atoms with van der Waals surface area (Å²) in [6.45, 7) is 6.90. The smallest absolute Gasteiger partial charge is 0.341 e. The molecule has 1 aromatic carbocycles. The van der Waals surface area contributed by atoms with Crippen molar-refractivity contribution >= 4 is 51.3 Å². The van der Waals surface area contributed by atoms with Crippen molar-refractivity contribution in [2.45, 2.75) is 32.5 Å². The van der Waals surface area contributed by atoms with Gasteiger partial charge in [-0.15, -0.1) is 32.9 Å². The molecule has 0 aliphatic rings. The number of methoxy groups -OCH3 is 1. The van der Waals surface area contributed by atoms with Crippen molar-refractivity contribution in [2.75, 3.05) is 18.2 Å². The molecule has 0 radical (unpaired) electrons. The number of anilines is 1. The predicted octanol–water partition coefficient (Wildman–Crippen LogP) is 5.89. The first-order valence-corrected chi connectivity index (χ1v) is 13.3. The number of nitrogens with one attached hydrogen (secondary N) is 1. The summed E-state index contributed by atoms with van der Waals surface area (Å²) >= 11 is 4.31. The highest BCUT2D eigenvalue weighted by Gasteiger charge is 2.23. The zero-order chi connectivity index (χ0) is 24.2. The van der Waals surface area contributed by atoms with Crippen LogP contribution < -0.4 is 5.32 Å². The number of hydrogen-bond donors (Lipinski definition) is 1. The largest absolute Gasteiger partial charge is 0.465 e. The van der Waals surface area contributed by atoms with Crippen molar-refractivity contribution in [1.29, 1.82) is 0 Å². The first-order valence-electron chi connectivity index (χ1n) is 10.6. The average Bonchev–Trinajstić information content (AvgIpc) is 3.55. The standard InChI is InChI=1S/C24H24N4O3S3/c1-5-28-21(17-11-32-15(3)14(17)2)26-27-24(28)34-13-19(29)25-22-20(23(30)31-4)18(12-33-22)16-9-7-6-8-10-16/h6-12H,5,13H2,1-4H3,(H,25,29). The Hall–Kier alpha value is -2.95. The SMILES string of the molecule is CCn1c(SCC(=O)Nc2scc(-c3ccccc3)c2C(=O)OC)nnc1-c1csc(C)c1C. The van der Waals surface area contributed by atoms with Gasteiger partial charge in [0.05, 0.1) is 12.9 Å². The van der Waals surface area contributed by atoms with Crippen molar-refractivity contribution in [1.82, 2.24) is 14.8 Å². The number of carbonyl (C=O) groups is 2. The number of rotatable bonds is 8. The van der Waals surface area contributed by atoms with Gasteiger partial charge in [0.15, 0.2) is 11.0 Å². The van der Waals surface area contributed by atoms with E-state index in [1.165, 1.54) is 40.6 Å². The summed E-state index contributed by atoms with van der Waals surface area (Å²) in [5, 5.41) is 16.7. The molecule has 0 aliphatic heterocycles. The van der Waals surface area contributed by atoms with Gasteiger partial charge in [-0.1, -0.05) is 42.1 Å². The monoisotopic (exact) mass is 512 g/mol. The van der Waals surface area contributed by atoms with Gasteiger partial charge in [0.2, 0.25) is 5.91 Å². The lowest BCUT2D eigenvalue weighted by Crippen LogP contribution is -2.16. The molecule has 0 atom stereocenters. The molecule has 4 rings (SSSR count). The molecule has 0 bridgehead atoms. The number of hydrogen-bond acceptors (Lipinski definition) is 8. The minimum Gasteiger partial charge on any atom is -0.465 e. The second-order valence-corrected chi connectivity index (χ2v) is 10.3. The first-order chi connectivity index (χ1) is 16.4. The van der Waals surface area contributed by atoms with E-state index in [9.17, 15) is 9.59 Å². The molecule has 176 valence electrons. The maximum atomic E-state index is 12.8. The predicted molar refractivity (Wildman–Crippen MR) is 139 cm³/mol. The number of amides is 1. The number of nitrogens with zero attached hydrogens (tertiary/aromatic N) is 3. The third-order valence-corrected chi connectivity index (χ3v) is 8.29. The van der Waals surface area contributed by atoms with Crippen LogP contribution >= 0.6 is 34.4 Å². The van der Waals surface area contributed by atoms with Crippen LogP contribution in [0.3, 0.4) is 0 Å². The van der Waals surface area contributed by atoms with Crippen molar-refractivity contribution in [3.8, 4) is 22.5 Å². The molecule has 10 heteroatoms. The molecular weight excluding hydrogens is 488 g/mol. The normalized spacial score (nSPS) is 10.9. The zero-order valence-electron chi connectivity index (χ0n) is 19.2. The van der Waals surface area contributed by atoms with E-state index in [-0.39, 0.29) is 11.7 Å². The van der Waals surface area contributed by atoms with Crippen LogP contribution in [0.4, 0.5) is 5.00 Å². The topological polar surface area (TPSA) is 86.1 Å². The number of thiophene rings is 2. The van der Waals surface area contributed by atoms with Gasteiger partial charge >= 0.3 is 5.97 Å². The van der Waals surface area contributed by atoms with Gasteiger partial charge < -0.3 is 14.6 Å². The summed E-state index contributed by atoms with van der Waals surface area (Å²) in [6.07, 6.45) is 0. The van der Waals surface area contributed by atoms with E-state index in [1.54, 1.807) is 11.3 Å². The molecule has 0 fully saturated rings. The average molecular weight is 513 g/mol. The Kier molecular flexibility index (Phi) is 7.50. The highest BCUT2D eigenvalue weighted by molar-refractivity contribution is 7.99. The fraction of sp³-hybridized carbons (Fsp3) is 0.250. The van der Waals surface area contributed by atoms with Crippen LogP contribution in [0.25, 0.3) is 22.5 Å². The summed E-state index contributed by atoms with van der Waals surface area (Å²) < 4.78 is 7.00. The van der Waals surface area contributed by atoms with Crippen LogP contribution in [0.1, 0.15) is 27.7 Å².